The van der Waals surface area contributed by atoms with E-state index in [9.17, 15) is 9.18 Å². The van der Waals surface area contributed by atoms with Gasteiger partial charge in [0.2, 0.25) is 0 Å². The van der Waals surface area contributed by atoms with Gasteiger partial charge in [-0.05, 0) is 25.5 Å². The summed E-state index contributed by atoms with van der Waals surface area (Å²) in [7, 11) is 1.47. The van der Waals surface area contributed by atoms with E-state index >= 15 is 0 Å². The first-order valence-electron chi connectivity index (χ1n) is 7.05. The summed E-state index contributed by atoms with van der Waals surface area (Å²) in [6, 6.07) is 3.83. The molecule has 2 rings (SSSR count). The Morgan fingerprint density at radius 2 is 2.38 bits per heavy atom. The molecule has 1 aliphatic rings. The summed E-state index contributed by atoms with van der Waals surface area (Å²) in [6.45, 7) is 2.94. The fourth-order valence-corrected chi connectivity index (χ4v) is 2.63. The first-order chi connectivity index (χ1) is 10.1. The lowest BCUT2D eigenvalue weighted by Gasteiger charge is -2.22. The van der Waals surface area contributed by atoms with E-state index in [0.29, 0.717) is 24.4 Å². The highest BCUT2D eigenvalue weighted by molar-refractivity contribution is 5.75. The number of benzene rings is 1. The first-order valence-corrected chi connectivity index (χ1v) is 7.05. The van der Waals surface area contributed by atoms with Gasteiger partial charge in [0.15, 0.2) is 0 Å². The first kappa shape index (κ1) is 15.6. The molecular formula is C15H21FN2O3. The molecular weight excluding hydrogens is 275 g/mol. The molecule has 2 amide bonds. The number of amides is 2. The van der Waals surface area contributed by atoms with E-state index < -0.39 is 11.9 Å². The molecule has 0 spiro atoms. The van der Waals surface area contributed by atoms with Crippen molar-refractivity contribution in [1.82, 2.24) is 10.2 Å². The van der Waals surface area contributed by atoms with E-state index in [-0.39, 0.29) is 18.6 Å². The summed E-state index contributed by atoms with van der Waals surface area (Å²) < 4.78 is 19.1. The molecule has 1 heterocycles. The smallest absolute Gasteiger partial charge is 0.317 e. The normalized spacial score (nSPS) is 19.4. The number of likely N-dealkylation sites (tertiary alicyclic amines) is 1. The van der Waals surface area contributed by atoms with E-state index in [1.807, 2.05) is 0 Å². The van der Waals surface area contributed by atoms with Gasteiger partial charge in [-0.25, -0.2) is 9.18 Å². The number of carbonyl (C=O) groups excluding carboxylic acids is 1. The van der Waals surface area contributed by atoms with Crippen LogP contribution < -0.4 is 10.1 Å². The maximum atomic E-state index is 14.0. The van der Waals surface area contributed by atoms with Crippen LogP contribution in [-0.4, -0.2) is 42.8 Å². The van der Waals surface area contributed by atoms with Crippen molar-refractivity contribution in [2.75, 3.05) is 26.8 Å². The second-order valence-electron chi connectivity index (χ2n) is 5.31. The maximum Gasteiger partial charge on any atom is 0.317 e. The molecule has 0 saturated carbocycles. The number of methoxy groups -OCH3 is 1. The summed E-state index contributed by atoms with van der Waals surface area (Å²) in [5.41, 5.74) is 0.339. The number of hydrogen-bond acceptors (Lipinski definition) is 3. The molecule has 2 atom stereocenters. The van der Waals surface area contributed by atoms with Crippen molar-refractivity contribution in [1.29, 1.82) is 0 Å². The summed E-state index contributed by atoms with van der Waals surface area (Å²) in [6.07, 6.45) is 0.793. The van der Waals surface area contributed by atoms with E-state index in [1.54, 1.807) is 24.0 Å². The fraction of sp³-hybridized carbons (Fsp3) is 0.533. The Balaban J connectivity index is 2.05. The van der Waals surface area contributed by atoms with Crippen LogP contribution in [0.4, 0.5) is 9.18 Å². The van der Waals surface area contributed by atoms with Gasteiger partial charge in [0, 0.05) is 25.6 Å². The van der Waals surface area contributed by atoms with Crippen LogP contribution in [0.25, 0.3) is 0 Å². The molecule has 1 aromatic carbocycles. The van der Waals surface area contributed by atoms with Crippen LogP contribution in [0.3, 0.4) is 0 Å². The van der Waals surface area contributed by atoms with Crippen LogP contribution in [0, 0.1) is 11.7 Å². The summed E-state index contributed by atoms with van der Waals surface area (Å²) in [5.74, 6) is 0.142. The quantitative estimate of drug-likeness (QED) is 0.892. The molecule has 0 aliphatic carbocycles. The molecule has 1 aromatic rings. The van der Waals surface area contributed by atoms with Gasteiger partial charge in [-0.3, -0.25) is 0 Å². The standard InChI is InChI=1S/C15H21FN2O3/c1-10(14-12(16)4-3-5-13(14)21-2)17-15(20)18-7-6-11(8-18)9-19/h3-5,10-11,19H,6-9H2,1-2H3,(H,17,20). The minimum atomic E-state index is -0.498. The van der Waals surface area contributed by atoms with Crippen LogP contribution >= 0.6 is 0 Å². The van der Waals surface area contributed by atoms with Crippen molar-refractivity contribution in [2.45, 2.75) is 19.4 Å². The number of ether oxygens (including phenoxy) is 1. The number of aliphatic hydroxyl groups is 1. The molecule has 2 N–H and O–H groups in total. The average Bonchev–Trinajstić information content (AvgIpc) is 2.95. The van der Waals surface area contributed by atoms with Crippen molar-refractivity contribution in [3.63, 3.8) is 0 Å². The molecule has 5 nitrogen and oxygen atoms in total. The highest BCUT2D eigenvalue weighted by atomic mass is 19.1. The highest BCUT2D eigenvalue weighted by Crippen LogP contribution is 2.28. The van der Waals surface area contributed by atoms with Crippen molar-refractivity contribution < 1.29 is 19.0 Å². The molecule has 0 aromatic heterocycles. The topological polar surface area (TPSA) is 61.8 Å². The van der Waals surface area contributed by atoms with Crippen LogP contribution in [-0.2, 0) is 0 Å². The van der Waals surface area contributed by atoms with Gasteiger partial charge < -0.3 is 20.1 Å². The summed E-state index contributed by atoms with van der Waals surface area (Å²) in [4.78, 5) is 13.8. The third-order valence-electron chi connectivity index (χ3n) is 3.84. The van der Waals surface area contributed by atoms with Crippen LogP contribution in [0.15, 0.2) is 18.2 Å². The predicted octanol–water partition coefficient (Wildman–Crippen LogP) is 1.92. The molecule has 116 valence electrons. The monoisotopic (exact) mass is 296 g/mol. The molecule has 1 fully saturated rings. The minimum absolute atomic E-state index is 0.0838. The predicted molar refractivity (Wildman–Crippen MR) is 76.7 cm³/mol. The van der Waals surface area contributed by atoms with Crippen LogP contribution in [0.2, 0.25) is 0 Å². The van der Waals surface area contributed by atoms with Gasteiger partial charge in [-0.15, -0.1) is 0 Å². The number of nitrogens with zero attached hydrogens (tertiary/aromatic N) is 1. The van der Waals surface area contributed by atoms with E-state index in [0.717, 1.165) is 6.42 Å². The Labute approximate surface area is 123 Å². The number of urea groups is 1. The lowest BCUT2D eigenvalue weighted by molar-refractivity contribution is 0.195. The van der Waals surface area contributed by atoms with Gasteiger partial charge in [0.05, 0.1) is 18.7 Å². The number of aliphatic hydroxyl groups excluding tert-OH is 1. The van der Waals surface area contributed by atoms with Crippen molar-refractivity contribution in [3.05, 3.63) is 29.6 Å². The third-order valence-corrected chi connectivity index (χ3v) is 3.84. The van der Waals surface area contributed by atoms with Crippen LogP contribution in [0.5, 0.6) is 5.75 Å². The molecule has 21 heavy (non-hydrogen) atoms. The Hall–Kier alpha value is -1.82. The Kier molecular flexibility index (Phi) is 5.01. The van der Waals surface area contributed by atoms with Gasteiger partial charge >= 0.3 is 6.03 Å². The third kappa shape index (κ3) is 3.44. The van der Waals surface area contributed by atoms with Gasteiger partial charge in [0.25, 0.3) is 0 Å². The minimum Gasteiger partial charge on any atom is -0.496 e. The van der Waals surface area contributed by atoms with Gasteiger partial charge in [0.1, 0.15) is 11.6 Å². The second kappa shape index (κ2) is 6.76. The SMILES string of the molecule is COc1cccc(F)c1C(C)NC(=O)N1CCC(CO)C1. The number of carbonyl (C=O) groups is 1. The zero-order valence-corrected chi connectivity index (χ0v) is 12.3. The largest absolute Gasteiger partial charge is 0.496 e. The molecule has 6 heteroatoms. The van der Waals surface area contributed by atoms with Crippen LogP contribution in [0.1, 0.15) is 24.9 Å². The fourth-order valence-electron chi connectivity index (χ4n) is 2.63. The molecule has 1 saturated heterocycles. The summed E-state index contributed by atoms with van der Waals surface area (Å²) in [5, 5.41) is 11.9. The number of nitrogens with one attached hydrogen (secondary N) is 1. The summed E-state index contributed by atoms with van der Waals surface area (Å²) >= 11 is 0. The lowest BCUT2D eigenvalue weighted by atomic mass is 10.1. The van der Waals surface area contributed by atoms with E-state index in [2.05, 4.69) is 5.32 Å². The lowest BCUT2D eigenvalue weighted by Crippen LogP contribution is -2.40. The number of halogens is 1. The Bertz CT molecular complexity index is 510. The zero-order valence-electron chi connectivity index (χ0n) is 12.3. The van der Waals surface area contributed by atoms with E-state index in [1.165, 1.54) is 13.2 Å². The van der Waals surface area contributed by atoms with Crippen molar-refractivity contribution in [2.24, 2.45) is 5.92 Å². The molecule has 0 bridgehead atoms. The van der Waals surface area contributed by atoms with Crippen molar-refractivity contribution in [3.8, 4) is 5.75 Å². The van der Waals surface area contributed by atoms with E-state index in [4.69, 9.17) is 9.84 Å². The van der Waals surface area contributed by atoms with Gasteiger partial charge in [-0.1, -0.05) is 6.07 Å². The average molecular weight is 296 g/mol. The Morgan fingerprint density at radius 1 is 1.62 bits per heavy atom. The zero-order chi connectivity index (χ0) is 15.4. The van der Waals surface area contributed by atoms with Gasteiger partial charge in [-0.2, -0.15) is 0 Å². The maximum absolute atomic E-state index is 14.0. The Morgan fingerprint density at radius 3 is 3.00 bits per heavy atom. The molecule has 2 unspecified atom stereocenters. The van der Waals surface area contributed by atoms with Crippen molar-refractivity contribution >= 4 is 6.03 Å². The second-order valence-corrected chi connectivity index (χ2v) is 5.31. The number of hydrogen-bond donors (Lipinski definition) is 2. The molecule has 1 aliphatic heterocycles. The highest BCUT2D eigenvalue weighted by Gasteiger charge is 2.27. The molecule has 0 radical (unpaired) electrons. The number of rotatable bonds is 4.